The van der Waals surface area contributed by atoms with Crippen LogP contribution in [0.25, 0.3) is 5.82 Å². The minimum absolute atomic E-state index is 0.0160. The molecule has 0 aliphatic carbocycles. The highest BCUT2D eigenvalue weighted by atomic mass is 35.5. The molecule has 0 unspecified atom stereocenters. The fourth-order valence-electron chi connectivity index (χ4n) is 3.65. The molecule has 0 bridgehead atoms. The third-order valence-corrected chi connectivity index (χ3v) is 7.62. The van der Waals surface area contributed by atoms with E-state index in [9.17, 15) is 13.2 Å². The first-order valence-electron chi connectivity index (χ1n) is 10.5. The molecular weight excluding hydrogens is 466 g/mol. The summed E-state index contributed by atoms with van der Waals surface area (Å²) < 4.78 is 34.4. The van der Waals surface area contributed by atoms with Crippen molar-refractivity contribution in [2.24, 2.45) is 0 Å². The quantitative estimate of drug-likeness (QED) is 0.569. The van der Waals surface area contributed by atoms with Gasteiger partial charge in [-0.15, -0.1) is 0 Å². The van der Waals surface area contributed by atoms with Gasteiger partial charge in [-0.05, 0) is 36.2 Å². The lowest BCUT2D eigenvalue weighted by Crippen LogP contribution is -2.40. The average molecular weight is 490 g/mol. The molecule has 0 spiro atoms. The van der Waals surface area contributed by atoms with Crippen LogP contribution in [0, 0.1) is 0 Å². The molecule has 0 saturated carbocycles. The van der Waals surface area contributed by atoms with E-state index in [0.29, 0.717) is 36.0 Å². The number of carbonyl (C=O) groups excluding carboxylic acids is 1. The third-order valence-electron chi connectivity index (χ3n) is 5.24. The van der Waals surface area contributed by atoms with Gasteiger partial charge in [0.25, 0.3) is 5.91 Å². The first-order chi connectivity index (χ1) is 15.8. The maximum atomic E-state index is 13.1. The Balaban J connectivity index is 1.64. The van der Waals surface area contributed by atoms with Gasteiger partial charge >= 0.3 is 0 Å². The van der Waals surface area contributed by atoms with Crippen LogP contribution in [-0.2, 0) is 14.8 Å². The number of hydrogen-bond donors (Lipinski definition) is 1. The van der Waals surface area contributed by atoms with E-state index >= 15 is 0 Å². The highest BCUT2D eigenvalue weighted by Gasteiger charge is 2.29. The molecular formula is C22H24ClN5O4S. The molecule has 174 valence electrons. The molecule has 2 aromatic heterocycles. The number of ether oxygens (including phenoxy) is 1. The zero-order valence-corrected chi connectivity index (χ0v) is 19.8. The number of nitrogens with zero attached hydrogens (tertiary/aromatic N) is 4. The summed E-state index contributed by atoms with van der Waals surface area (Å²) in [4.78, 5) is 17.4. The van der Waals surface area contributed by atoms with Gasteiger partial charge in [-0.2, -0.15) is 9.40 Å². The molecule has 3 heterocycles. The minimum atomic E-state index is -3.82. The Kier molecular flexibility index (Phi) is 6.80. The highest BCUT2D eigenvalue weighted by molar-refractivity contribution is 7.89. The molecule has 11 heteroatoms. The van der Waals surface area contributed by atoms with Gasteiger partial charge < -0.3 is 10.1 Å². The summed E-state index contributed by atoms with van der Waals surface area (Å²) in [5.41, 5.74) is 1.39. The van der Waals surface area contributed by atoms with Crippen LogP contribution in [0.3, 0.4) is 0 Å². The number of rotatable bonds is 6. The molecule has 9 nitrogen and oxygen atoms in total. The Hall–Kier alpha value is -2.79. The van der Waals surface area contributed by atoms with Crippen molar-refractivity contribution in [3.8, 4) is 5.82 Å². The summed E-state index contributed by atoms with van der Waals surface area (Å²) in [6, 6.07) is 9.87. The number of nitrogens with one attached hydrogen (secondary N) is 1. The number of halogens is 1. The van der Waals surface area contributed by atoms with Crippen LogP contribution in [0.5, 0.6) is 0 Å². The zero-order valence-electron chi connectivity index (χ0n) is 18.2. The number of sulfonamides is 1. The number of benzene rings is 1. The maximum absolute atomic E-state index is 13.1. The summed E-state index contributed by atoms with van der Waals surface area (Å²) in [5, 5.41) is 7.23. The van der Waals surface area contributed by atoms with Crippen molar-refractivity contribution >= 4 is 33.2 Å². The molecule has 1 aliphatic heterocycles. The number of hydrogen-bond acceptors (Lipinski definition) is 6. The van der Waals surface area contributed by atoms with E-state index in [4.69, 9.17) is 16.3 Å². The van der Waals surface area contributed by atoms with Crippen molar-refractivity contribution in [2.45, 2.75) is 24.7 Å². The number of morpholine rings is 1. The average Bonchev–Trinajstić information content (AvgIpc) is 3.27. The Morgan fingerprint density at radius 1 is 1.18 bits per heavy atom. The van der Waals surface area contributed by atoms with E-state index in [1.54, 1.807) is 23.0 Å². The molecule has 1 amide bonds. The molecule has 33 heavy (non-hydrogen) atoms. The van der Waals surface area contributed by atoms with Crippen molar-refractivity contribution in [1.82, 2.24) is 19.1 Å². The lowest BCUT2D eigenvalue weighted by molar-refractivity contribution is 0.0730. The van der Waals surface area contributed by atoms with E-state index in [-0.39, 0.29) is 28.9 Å². The van der Waals surface area contributed by atoms with Crippen LogP contribution in [0.1, 0.15) is 35.8 Å². The van der Waals surface area contributed by atoms with E-state index in [1.807, 2.05) is 26.0 Å². The van der Waals surface area contributed by atoms with E-state index < -0.39 is 15.9 Å². The summed E-state index contributed by atoms with van der Waals surface area (Å²) in [5.74, 6) is 0.182. The van der Waals surface area contributed by atoms with Crippen LogP contribution >= 0.6 is 11.6 Å². The molecule has 1 aliphatic rings. The predicted molar refractivity (Wildman–Crippen MR) is 124 cm³/mol. The number of amides is 1. The molecule has 1 saturated heterocycles. The topological polar surface area (TPSA) is 106 Å². The van der Waals surface area contributed by atoms with E-state index in [2.05, 4.69) is 15.4 Å². The summed E-state index contributed by atoms with van der Waals surface area (Å²) in [6.45, 7) is 5.07. The SMILES string of the molecule is CC(C)c1c(C(=O)Nc2ccc(Cl)c(S(=O)(=O)N3CCOCC3)c2)cnn1-c1ccccn1. The number of carbonyl (C=O) groups is 1. The monoisotopic (exact) mass is 489 g/mol. The lowest BCUT2D eigenvalue weighted by atomic mass is 10.1. The predicted octanol–water partition coefficient (Wildman–Crippen LogP) is 3.32. The first kappa shape index (κ1) is 23.4. The first-order valence-corrected chi connectivity index (χ1v) is 12.3. The Bertz CT molecular complexity index is 1260. The highest BCUT2D eigenvalue weighted by Crippen LogP contribution is 2.29. The van der Waals surface area contributed by atoms with Gasteiger partial charge in [0.15, 0.2) is 5.82 Å². The second-order valence-corrected chi connectivity index (χ2v) is 10.1. The fourth-order valence-corrected chi connectivity index (χ4v) is 5.56. The largest absolute Gasteiger partial charge is 0.379 e. The van der Waals surface area contributed by atoms with E-state index in [0.717, 1.165) is 0 Å². The van der Waals surface area contributed by atoms with Crippen molar-refractivity contribution in [3.05, 3.63) is 65.1 Å². The minimum Gasteiger partial charge on any atom is -0.379 e. The summed E-state index contributed by atoms with van der Waals surface area (Å²) in [6.07, 6.45) is 3.14. The second-order valence-electron chi connectivity index (χ2n) is 7.81. The van der Waals surface area contributed by atoms with E-state index in [1.165, 1.54) is 22.6 Å². The van der Waals surface area contributed by atoms with Crippen molar-refractivity contribution in [1.29, 1.82) is 0 Å². The molecule has 1 fully saturated rings. The van der Waals surface area contributed by atoms with Crippen LogP contribution in [0.15, 0.2) is 53.7 Å². The second kappa shape index (κ2) is 9.60. The molecule has 0 atom stereocenters. The fraction of sp³-hybridized carbons (Fsp3) is 0.318. The normalized spacial score (nSPS) is 15.0. The third kappa shape index (κ3) is 4.79. The number of aromatic nitrogens is 3. The molecule has 1 N–H and O–H groups in total. The zero-order chi connectivity index (χ0) is 23.6. The Morgan fingerprint density at radius 2 is 1.94 bits per heavy atom. The number of pyridine rings is 1. The van der Waals surface area contributed by atoms with Crippen molar-refractivity contribution in [2.75, 3.05) is 31.6 Å². The van der Waals surface area contributed by atoms with Gasteiger partial charge in [0, 0.05) is 25.0 Å². The van der Waals surface area contributed by atoms with Gasteiger partial charge in [0.05, 0.1) is 35.7 Å². The van der Waals surface area contributed by atoms with Gasteiger partial charge in [-0.25, -0.2) is 18.1 Å². The van der Waals surface area contributed by atoms with Crippen molar-refractivity contribution in [3.63, 3.8) is 0 Å². The van der Waals surface area contributed by atoms with Crippen LogP contribution in [0.4, 0.5) is 5.69 Å². The Labute approximate surface area is 197 Å². The van der Waals surface area contributed by atoms with Crippen molar-refractivity contribution < 1.29 is 17.9 Å². The lowest BCUT2D eigenvalue weighted by Gasteiger charge is -2.26. The Morgan fingerprint density at radius 3 is 2.61 bits per heavy atom. The van der Waals surface area contributed by atoms with Gasteiger partial charge in [0.1, 0.15) is 4.90 Å². The number of anilines is 1. The maximum Gasteiger partial charge on any atom is 0.259 e. The van der Waals surface area contributed by atoms with Gasteiger partial charge in [0.2, 0.25) is 10.0 Å². The standard InChI is InChI=1S/C22H24ClN5O4S/c1-15(2)21-17(14-25-28(21)20-5-3-4-8-24-20)22(29)26-16-6-7-18(23)19(13-16)33(30,31)27-9-11-32-12-10-27/h3-8,13-15H,9-12H2,1-2H3,(H,26,29). The summed E-state index contributed by atoms with van der Waals surface area (Å²) in [7, 11) is -3.82. The van der Waals surface area contributed by atoms with Gasteiger partial charge in [-0.3, -0.25) is 4.79 Å². The van der Waals surface area contributed by atoms with Crippen LogP contribution in [0.2, 0.25) is 5.02 Å². The molecule has 4 rings (SSSR count). The molecule has 3 aromatic rings. The van der Waals surface area contributed by atoms with Crippen LogP contribution in [-0.4, -0.2) is 59.7 Å². The summed E-state index contributed by atoms with van der Waals surface area (Å²) >= 11 is 6.22. The van der Waals surface area contributed by atoms with Crippen LogP contribution < -0.4 is 5.32 Å². The van der Waals surface area contributed by atoms with Gasteiger partial charge in [-0.1, -0.05) is 31.5 Å². The smallest absolute Gasteiger partial charge is 0.259 e. The molecule has 1 aromatic carbocycles. The molecule has 0 radical (unpaired) electrons.